The van der Waals surface area contributed by atoms with Gasteiger partial charge in [0.2, 0.25) is 0 Å². The predicted octanol–water partition coefficient (Wildman–Crippen LogP) is 8.37. The molecule has 0 bridgehead atoms. The van der Waals surface area contributed by atoms with Crippen molar-refractivity contribution in [2.75, 3.05) is 19.7 Å². The SMILES string of the molecule is CCOC(=O)[C@@H](OC(C)(C)C)c1c(C)cc2nc(-c3cnc4c(c3)c(C3CCNCC3)cn4C)sc2c1-c1ccc(Cl)cc1. The van der Waals surface area contributed by atoms with E-state index in [4.69, 9.17) is 31.0 Å². The van der Waals surface area contributed by atoms with Gasteiger partial charge in [-0.15, -0.1) is 11.3 Å². The number of rotatable bonds is 7. The first kappa shape index (κ1) is 30.7. The van der Waals surface area contributed by atoms with E-state index in [9.17, 15) is 4.79 Å². The van der Waals surface area contributed by atoms with Crippen molar-refractivity contribution >= 4 is 50.2 Å². The molecule has 230 valence electrons. The second kappa shape index (κ2) is 12.2. The van der Waals surface area contributed by atoms with E-state index in [1.165, 1.54) is 10.9 Å². The number of halogens is 1. The van der Waals surface area contributed by atoms with E-state index in [0.29, 0.717) is 10.9 Å². The average molecular weight is 631 g/mol. The molecule has 4 heterocycles. The summed E-state index contributed by atoms with van der Waals surface area (Å²) in [5.74, 6) is 0.103. The van der Waals surface area contributed by atoms with Crippen molar-refractivity contribution < 1.29 is 14.3 Å². The molecule has 0 spiro atoms. The Kier molecular flexibility index (Phi) is 8.54. The van der Waals surface area contributed by atoms with Gasteiger partial charge in [-0.1, -0.05) is 23.7 Å². The van der Waals surface area contributed by atoms with Crippen LogP contribution in [0.4, 0.5) is 0 Å². The highest BCUT2D eigenvalue weighted by molar-refractivity contribution is 7.22. The second-order valence-electron chi connectivity index (χ2n) is 12.5. The van der Waals surface area contributed by atoms with Crippen molar-refractivity contribution in [3.63, 3.8) is 0 Å². The number of nitrogens with one attached hydrogen (secondary N) is 1. The molecule has 1 aliphatic heterocycles. The molecular weight excluding hydrogens is 592 g/mol. The molecule has 0 radical (unpaired) electrons. The number of fused-ring (bicyclic) bond motifs is 2. The Balaban J connectivity index is 1.55. The fourth-order valence-electron chi connectivity index (χ4n) is 6.24. The van der Waals surface area contributed by atoms with Gasteiger partial charge in [0, 0.05) is 46.5 Å². The summed E-state index contributed by atoms with van der Waals surface area (Å²) in [4.78, 5) is 23.5. The van der Waals surface area contributed by atoms with Gasteiger partial charge in [-0.3, -0.25) is 0 Å². The molecule has 1 aliphatic rings. The summed E-state index contributed by atoms with van der Waals surface area (Å²) in [6.45, 7) is 12.0. The third-order valence-corrected chi connectivity index (χ3v) is 9.56. The molecule has 3 aromatic heterocycles. The largest absolute Gasteiger partial charge is 0.464 e. The summed E-state index contributed by atoms with van der Waals surface area (Å²) in [6.07, 6.45) is 5.50. The number of carbonyl (C=O) groups is 1. The van der Waals surface area contributed by atoms with E-state index >= 15 is 0 Å². The van der Waals surface area contributed by atoms with E-state index in [0.717, 1.165) is 74.6 Å². The highest BCUT2D eigenvalue weighted by atomic mass is 35.5. The van der Waals surface area contributed by atoms with Crippen LogP contribution in [0.25, 0.3) is 42.9 Å². The molecule has 1 saturated heterocycles. The molecule has 0 unspecified atom stereocenters. The molecule has 1 N–H and O–H groups in total. The van der Waals surface area contributed by atoms with Gasteiger partial charge in [0.05, 0.1) is 22.4 Å². The fraction of sp³-hybridized carbons (Fsp3) is 0.400. The lowest BCUT2D eigenvalue weighted by Crippen LogP contribution is -2.29. The van der Waals surface area contributed by atoms with Crippen molar-refractivity contribution in [2.45, 2.75) is 65.1 Å². The van der Waals surface area contributed by atoms with Crippen LogP contribution in [0.3, 0.4) is 0 Å². The smallest absolute Gasteiger partial charge is 0.339 e. The van der Waals surface area contributed by atoms with Crippen LogP contribution < -0.4 is 5.32 Å². The Morgan fingerprint density at radius 1 is 1.16 bits per heavy atom. The highest BCUT2D eigenvalue weighted by Gasteiger charge is 2.33. The van der Waals surface area contributed by atoms with Gasteiger partial charge in [0.15, 0.2) is 6.10 Å². The number of hydrogen-bond acceptors (Lipinski definition) is 7. The number of ether oxygens (including phenoxy) is 2. The maximum atomic E-state index is 13.5. The first-order valence-electron chi connectivity index (χ1n) is 15.2. The molecule has 0 aliphatic carbocycles. The summed E-state index contributed by atoms with van der Waals surface area (Å²) in [5, 5.41) is 6.19. The van der Waals surface area contributed by atoms with Gasteiger partial charge in [-0.2, -0.15) is 0 Å². The molecule has 9 heteroatoms. The Labute approximate surface area is 267 Å². The van der Waals surface area contributed by atoms with E-state index in [1.807, 2.05) is 65.1 Å². The van der Waals surface area contributed by atoms with Crippen LogP contribution >= 0.6 is 22.9 Å². The summed E-state index contributed by atoms with van der Waals surface area (Å²) in [5.41, 5.74) is 7.14. The maximum absolute atomic E-state index is 13.5. The van der Waals surface area contributed by atoms with Crippen LogP contribution in [0.2, 0.25) is 5.02 Å². The minimum Gasteiger partial charge on any atom is -0.464 e. The molecule has 0 amide bonds. The van der Waals surface area contributed by atoms with Crippen LogP contribution in [0.5, 0.6) is 0 Å². The van der Waals surface area contributed by atoms with Crippen LogP contribution in [-0.4, -0.2) is 45.8 Å². The molecule has 7 nitrogen and oxygen atoms in total. The number of benzene rings is 2. The van der Waals surface area contributed by atoms with E-state index < -0.39 is 17.7 Å². The van der Waals surface area contributed by atoms with Crippen LogP contribution in [-0.2, 0) is 21.3 Å². The number of carbonyl (C=O) groups excluding carboxylic acids is 1. The topological polar surface area (TPSA) is 78.3 Å². The Morgan fingerprint density at radius 2 is 1.89 bits per heavy atom. The zero-order chi connectivity index (χ0) is 31.2. The molecule has 1 fully saturated rings. The third kappa shape index (κ3) is 6.01. The summed E-state index contributed by atoms with van der Waals surface area (Å²) in [6, 6.07) is 12.0. The fourth-order valence-corrected chi connectivity index (χ4v) is 7.47. The zero-order valence-corrected chi connectivity index (χ0v) is 27.7. The first-order valence-corrected chi connectivity index (χ1v) is 16.4. The number of aromatic nitrogens is 3. The van der Waals surface area contributed by atoms with Crippen molar-refractivity contribution in [1.29, 1.82) is 0 Å². The number of thiazole rings is 1. The minimum atomic E-state index is -0.912. The summed E-state index contributed by atoms with van der Waals surface area (Å²) >= 11 is 7.92. The molecule has 0 saturated carbocycles. The predicted molar refractivity (Wildman–Crippen MR) is 180 cm³/mol. The van der Waals surface area contributed by atoms with Crippen molar-refractivity contribution in [3.8, 4) is 21.7 Å². The van der Waals surface area contributed by atoms with E-state index in [1.54, 1.807) is 11.3 Å². The number of esters is 1. The molecule has 2 aromatic carbocycles. The van der Waals surface area contributed by atoms with Crippen molar-refractivity contribution in [1.82, 2.24) is 19.9 Å². The lowest BCUT2D eigenvalue weighted by molar-refractivity contribution is -0.166. The second-order valence-corrected chi connectivity index (χ2v) is 14.0. The number of piperidine rings is 1. The molecule has 1 atom stereocenters. The quantitative estimate of drug-likeness (QED) is 0.182. The zero-order valence-electron chi connectivity index (χ0n) is 26.2. The molecule has 6 rings (SSSR count). The Bertz CT molecular complexity index is 1830. The van der Waals surface area contributed by atoms with Gasteiger partial charge >= 0.3 is 5.97 Å². The maximum Gasteiger partial charge on any atom is 0.339 e. The summed E-state index contributed by atoms with van der Waals surface area (Å²) < 4.78 is 15.1. The van der Waals surface area contributed by atoms with E-state index in [2.05, 4.69) is 35.3 Å². The Morgan fingerprint density at radius 3 is 2.57 bits per heavy atom. The van der Waals surface area contributed by atoms with Crippen molar-refractivity contribution in [2.24, 2.45) is 7.05 Å². The number of pyridine rings is 1. The third-order valence-electron chi connectivity index (χ3n) is 8.17. The lowest BCUT2D eigenvalue weighted by atomic mass is 9.90. The molecule has 44 heavy (non-hydrogen) atoms. The Hall–Kier alpha value is -3.30. The van der Waals surface area contributed by atoms with Gasteiger partial charge in [-0.25, -0.2) is 14.8 Å². The number of nitrogens with zero attached hydrogens (tertiary/aromatic N) is 3. The summed E-state index contributed by atoms with van der Waals surface area (Å²) in [7, 11) is 2.07. The van der Waals surface area contributed by atoms with E-state index in [-0.39, 0.29) is 6.61 Å². The minimum absolute atomic E-state index is 0.263. The monoisotopic (exact) mass is 630 g/mol. The highest BCUT2D eigenvalue weighted by Crippen LogP contribution is 2.45. The average Bonchev–Trinajstić information content (AvgIpc) is 3.56. The van der Waals surface area contributed by atoms with Crippen molar-refractivity contribution in [3.05, 3.63) is 70.5 Å². The molecular formula is C35H39ClN4O3S. The molecule has 5 aromatic rings. The van der Waals surface area contributed by atoms with Crippen LogP contribution in [0.15, 0.2) is 48.8 Å². The van der Waals surface area contributed by atoms with Crippen LogP contribution in [0, 0.1) is 6.92 Å². The number of aryl methyl sites for hydroxylation is 2. The normalized spacial score (nSPS) is 15.2. The van der Waals surface area contributed by atoms with Crippen LogP contribution in [0.1, 0.15) is 69.2 Å². The number of hydrogen-bond donors (Lipinski definition) is 1. The lowest BCUT2D eigenvalue weighted by Gasteiger charge is -2.29. The van der Waals surface area contributed by atoms with Gasteiger partial charge in [0.25, 0.3) is 0 Å². The van der Waals surface area contributed by atoms with Gasteiger partial charge in [-0.05, 0) is 107 Å². The van der Waals surface area contributed by atoms with Gasteiger partial charge < -0.3 is 19.4 Å². The first-order chi connectivity index (χ1) is 21.0. The standard InChI is InChI=1S/C35H39ClN4O3S/c1-7-42-34(41)30(43-35(3,4)5)28-20(2)16-27-31(29(28)22-8-10-24(36)11-9-22)44-33(39-27)23-17-25-26(21-12-14-37-15-13-21)19-40(6)32(25)38-18-23/h8-11,16-19,21,30,37H,7,12-15H2,1-6H3/t30-/m0/s1. The van der Waals surface area contributed by atoms with Gasteiger partial charge in [0.1, 0.15) is 10.7 Å².